The summed E-state index contributed by atoms with van der Waals surface area (Å²) >= 11 is 0. The number of nitrogens with one attached hydrogen (secondary N) is 1. The van der Waals surface area contributed by atoms with Crippen LogP contribution in [0.25, 0.3) is 0 Å². The molecule has 0 bridgehead atoms. The molecule has 0 unspecified atom stereocenters. The van der Waals surface area contributed by atoms with Gasteiger partial charge in [-0.1, -0.05) is 13.0 Å². The van der Waals surface area contributed by atoms with Crippen molar-refractivity contribution in [2.24, 2.45) is 0 Å². The van der Waals surface area contributed by atoms with Gasteiger partial charge in [0.1, 0.15) is 0 Å². The van der Waals surface area contributed by atoms with E-state index in [0.717, 1.165) is 12.1 Å². The van der Waals surface area contributed by atoms with E-state index in [9.17, 15) is 4.39 Å². The van der Waals surface area contributed by atoms with Gasteiger partial charge in [0.25, 0.3) is 5.89 Å². The van der Waals surface area contributed by atoms with Crippen LogP contribution in [0.1, 0.15) is 24.3 Å². The minimum absolute atomic E-state index is 0.0598. The summed E-state index contributed by atoms with van der Waals surface area (Å²) in [4.78, 5) is 0. The molecule has 5 nitrogen and oxygen atoms in total. The summed E-state index contributed by atoms with van der Waals surface area (Å²) in [7, 11) is 0. The Morgan fingerprint density at radius 1 is 1.37 bits per heavy atom. The Labute approximate surface area is 110 Å². The summed E-state index contributed by atoms with van der Waals surface area (Å²) in [5.41, 5.74) is 0.875. The second kappa shape index (κ2) is 6.29. The van der Waals surface area contributed by atoms with Crippen molar-refractivity contribution in [2.75, 3.05) is 6.54 Å². The molecule has 0 saturated carbocycles. The van der Waals surface area contributed by atoms with Crippen LogP contribution in [0.4, 0.5) is 4.39 Å². The smallest absolute Gasteiger partial charge is 0.253 e. The predicted molar refractivity (Wildman–Crippen MR) is 67.1 cm³/mol. The molecule has 0 aliphatic carbocycles. The van der Waals surface area contributed by atoms with E-state index in [0.29, 0.717) is 18.3 Å². The first-order valence-corrected chi connectivity index (χ1v) is 6.10. The number of halogens is 1. The fourth-order valence-electron chi connectivity index (χ4n) is 1.58. The lowest BCUT2D eigenvalue weighted by molar-refractivity contribution is 0.249. The highest BCUT2D eigenvalue weighted by Gasteiger charge is 2.08. The van der Waals surface area contributed by atoms with Gasteiger partial charge >= 0.3 is 0 Å². The Morgan fingerprint density at radius 2 is 2.21 bits per heavy atom. The second-order valence-corrected chi connectivity index (χ2v) is 4.05. The van der Waals surface area contributed by atoms with Crippen molar-refractivity contribution in [3.05, 3.63) is 41.4 Å². The number of rotatable bonds is 6. The van der Waals surface area contributed by atoms with Gasteiger partial charge in [-0.25, -0.2) is 4.39 Å². The van der Waals surface area contributed by atoms with E-state index in [1.165, 1.54) is 6.07 Å². The molecule has 2 aromatic rings. The fraction of sp³-hybridized carbons (Fsp3) is 0.385. The highest BCUT2D eigenvalue weighted by atomic mass is 19.1. The molecule has 19 heavy (non-hydrogen) atoms. The Morgan fingerprint density at radius 3 is 2.84 bits per heavy atom. The normalized spacial score (nSPS) is 10.7. The van der Waals surface area contributed by atoms with E-state index in [-0.39, 0.29) is 12.4 Å². The van der Waals surface area contributed by atoms with E-state index in [1.54, 1.807) is 13.0 Å². The van der Waals surface area contributed by atoms with Crippen LogP contribution in [0.3, 0.4) is 0 Å². The molecule has 1 aromatic carbocycles. The zero-order valence-corrected chi connectivity index (χ0v) is 10.9. The molecular formula is C13H16FN3O2. The predicted octanol–water partition coefficient (Wildman–Crippen LogP) is 2.21. The van der Waals surface area contributed by atoms with Crippen molar-refractivity contribution in [3.8, 4) is 5.75 Å². The molecule has 2 rings (SSSR count). The topological polar surface area (TPSA) is 60.2 Å². The lowest BCUT2D eigenvalue weighted by atomic mass is 10.2. The van der Waals surface area contributed by atoms with Gasteiger partial charge in [0.15, 0.2) is 18.2 Å². The summed E-state index contributed by atoms with van der Waals surface area (Å²) in [6.07, 6.45) is 0. The van der Waals surface area contributed by atoms with E-state index < -0.39 is 5.82 Å². The minimum Gasteiger partial charge on any atom is -0.481 e. The Balaban J connectivity index is 1.96. The maximum atomic E-state index is 13.8. The molecule has 6 heteroatoms. The first kappa shape index (κ1) is 13.5. The molecule has 0 fully saturated rings. The Kier molecular flexibility index (Phi) is 4.46. The van der Waals surface area contributed by atoms with Crippen LogP contribution in [-0.4, -0.2) is 16.7 Å². The molecule has 0 amide bonds. The zero-order chi connectivity index (χ0) is 13.7. The standard InChI is InChI=1S/C13H16FN3O2/c1-3-15-7-10-4-5-12(11(14)6-10)18-8-13-17-16-9(2)19-13/h4-6,15H,3,7-8H2,1-2H3. The van der Waals surface area contributed by atoms with Crippen molar-refractivity contribution in [1.29, 1.82) is 0 Å². The number of hydrogen-bond acceptors (Lipinski definition) is 5. The fourth-order valence-corrected chi connectivity index (χ4v) is 1.58. The molecule has 1 heterocycles. The maximum Gasteiger partial charge on any atom is 0.253 e. The highest BCUT2D eigenvalue weighted by molar-refractivity contribution is 5.29. The van der Waals surface area contributed by atoms with Crippen LogP contribution in [0.5, 0.6) is 5.75 Å². The van der Waals surface area contributed by atoms with Gasteiger partial charge in [0.05, 0.1) is 0 Å². The number of aromatic nitrogens is 2. The monoisotopic (exact) mass is 265 g/mol. The largest absolute Gasteiger partial charge is 0.481 e. The Hall–Kier alpha value is -1.95. The van der Waals surface area contributed by atoms with Crippen LogP contribution in [0.15, 0.2) is 22.6 Å². The lowest BCUT2D eigenvalue weighted by Gasteiger charge is -2.07. The lowest BCUT2D eigenvalue weighted by Crippen LogP contribution is -2.11. The van der Waals surface area contributed by atoms with E-state index in [4.69, 9.17) is 9.15 Å². The third-order valence-corrected chi connectivity index (χ3v) is 2.49. The average Bonchev–Trinajstić information content (AvgIpc) is 2.81. The summed E-state index contributed by atoms with van der Waals surface area (Å²) in [5.74, 6) is 0.566. The van der Waals surface area contributed by atoms with Crippen molar-refractivity contribution in [3.63, 3.8) is 0 Å². The van der Waals surface area contributed by atoms with Gasteiger partial charge in [0.2, 0.25) is 5.89 Å². The molecule has 1 N–H and O–H groups in total. The van der Waals surface area contributed by atoms with Crippen LogP contribution in [-0.2, 0) is 13.2 Å². The summed E-state index contributed by atoms with van der Waals surface area (Å²) in [6, 6.07) is 4.88. The average molecular weight is 265 g/mol. The van der Waals surface area contributed by atoms with Crippen molar-refractivity contribution >= 4 is 0 Å². The summed E-state index contributed by atoms with van der Waals surface area (Å²) in [5, 5.41) is 10.6. The zero-order valence-electron chi connectivity index (χ0n) is 10.9. The molecule has 0 radical (unpaired) electrons. The molecule has 0 saturated heterocycles. The van der Waals surface area contributed by atoms with Gasteiger partial charge in [0, 0.05) is 13.5 Å². The van der Waals surface area contributed by atoms with Crippen molar-refractivity contribution in [1.82, 2.24) is 15.5 Å². The number of nitrogens with zero attached hydrogens (tertiary/aromatic N) is 2. The van der Waals surface area contributed by atoms with Gasteiger partial charge in [-0.2, -0.15) is 0 Å². The second-order valence-electron chi connectivity index (χ2n) is 4.05. The number of ether oxygens (including phenoxy) is 1. The quantitative estimate of drug-likeness (QED) is 0.867. The molecule has 102 valence electrons. The SMILES string of the molecule is CCNCc1ccc(OCc2nnc(C)o2)c(F)c1. The first-order valence-electron chi connectivity index (χ1n) is 6.10. The van der Waals surface area contributed by atoms with Crippen LogP contribution in [0.2, 0.25) is 0 Å². The number of aryl methyl sites for hydroxylation is 1. The molecule has 0 aliphatic heterocycles. The van der Waals surface area contributed by atoms with Gasteiger partial charge in [-0.3, -0.25) is 0 Å². The van der Waals surface area contributed by atoms with Gasteiger partial charge in [-0.15, -0.1) is 10.2 Å². The van der Waals surface area contributed by atoms with Crippen molar-refractivity contribution in [2.45, 2.75) is 27.0 Å². The number of benzene rings is 1. The summed E-state index contributed by atoms with van der Waals surface area (Å²) in [6.45, 7) is 5.23. The molecule has 0 spiro atoms. The van der Waals surface area contributed by atoms with E-state index >= 15 is 0 Å². The molecule has 0 atom stereocenters. The first-order chi connectivity index (χ1) is 9.19. The summed E-state index contributed by atoms with van der Waals surface area (Å²) < 4.78 is 24.2. The van der Waals surface area contributed by atoms with Crippen LogP contribution in [0, 0.1) is 12.7 Å². The third-order valence-electron chi connectivity index (χ3n) is 2.49. The van der Waals surface area contributed by atoms with Crippen molar-refractivity contribution < 1.29 is 13.5 Å². The van der Waals surface area contributed by atoms with Gasteiger partial charge < -0.3 is 14.5 Å². The molecule has 1 aromatic heterocycles. The number of hydrogen-bond donors (Lipinski definition) is 1. The Bertz CT molecular complexity index is 542. The third kappa shape index (κ3) is 3.75. The van der Waals surface area contributed by atoms with E-state index in [1.807, 2.05) is 13.0 Å². The van der Waals surface area contributed by atoms with Crippen LogP contribution >= 0.6 is 0 Å². The van der Waals surface area contributed by atoms with E-state index in [2.05, 4.69) is 15.5 Å². The van der Waals surface area contributed by atoms with Crippen LogP contribution < -0.4 is 10.1 Å². The van der Waals surface area contributed by atoms with Gasteiger partial charge in [-0.05, 0) is 24.2 Å². The highest BCUT2D eigenvalue weighted by Crippen LogP contribution is 2.19. The molecule has 0 aliphatic rings. The minimum atomic E-state index is -0.397. The maximum absolute atomic E-state index is 13.8. The molecular weight excluding hydrogens is 249 g/mol.